The molecule has 69 heavy (non-hydrogen) atoms. The number of hydrogen-bond acceptors (Lipinski definition) is 6. The fraction of sp³-hybridized carbons (Fsp3) is 0.762. The van der Waals surface area contributed by atoms with Crippen LogP contribution in [0.1, 0.15) is 290 Å². The maximum atomic E-state index is 12.9. The van der Waals surface area contributed by atoms with Crippen molar-refractivity contribution in [2.75, 3.05) is 13.2 Å². The van der Waals surface area contributed by atoms with Crippen molar-refractivity contribution in [3.8, 4) is 0 Å². The Hall–Kier alpha value is -3.15. The molecule has 1 atom stereocenters. The molecular weight excluding hydrogens is 853 g/mol. The molecule has 0 aromatic heterocycles. The van der Waals surface area contributed by atoms with Crippen LogP contribution in [0.3, 0.4) is 0 Å². The van der Waals surface area contributed by atoms with Gasteiger partial charge in [0.05, 0.1) is 0 Å². The monoisotopic (exact) mass is 963 g/mol. The van der Waals surface area contributed by atoms with Gasteiger partial charge >= 0.3 is 17.9 Å². The molecule has 0 aliphatic heterocycles. The highest BCUT2D eigenvalue weighted by atomic mass is 16.6. The summed E-state index contributed by atoms with van der Waals surface area (Å²) < 4.78 is 16.9. The zero-order valence-corrected chi connectivity index (χ0v) is 45.6. The third-order valence-corrected chi connectivity index (χ3v) is 12.7. The van der Waals surface area contributed by atoms with Crippen LogP contribution >= 0.6 is 0 Å². The van der Waals surface area contributed by atoms with E-state index >= 15 is 0 Å². The predicted molar refractivity (Wildman–Crippen MR) is 298 cm³/mol. The molecule has 0 saturated heterocycles. The second-order valence-electron chi connectivity index (χ2n) is 19.5. The third kappa shape index (κ3) is 55.6. The van der Waals surface area contributed by atoms with Crippen molar-refractivity contribution in [2.24, 2.45) is 0 Å². The number of carbonyl (C=O) groups is 3. The summed E-state index contributed by atoms with van der Waals surface area (Å²) in [4.78, 5) is 38.2. The van der Waals surface area contributed by atoms with E-state index in [9.17, 15) is 14.4 Å². The molecule has 0 fully saturated rings. The summed E-state index contributed by atoms with van der Waals surface area (Å²) in [6.45, 7) is 6.52. The summed E-state index contributed by atoms with van der Waals surface area (Å²) in [5.41, 5.74) is 0. The summed E-state index contributed by atoms with van der Waals surface area (Å²) >= 11 is 0. The molecule has 398 valence electrons. The summed E-state index contributed by atoms with van der Waals surface area (Å²) in [5, 5.41) is 0. The maximum Gasteiger partial charge on any atom is 0.306 e. The lowest BCUT2D eigenvalue weighted by Crippen LogP contribution is -2.30. The van der Waals surface area contributed by atoms with Crippen LogP contribution in [0.4, 0.5) is 0 Å². The molecule has 0 aromatic carbocycles. The Morgan fingerprint density at radius 2 is 0.565 bits per heavy atom. The predicted octanol–water partition coefficient (Wildman–Crippen LogP) is 19.8. The molecular formula is C63H110O6. The fourth-order valence-electron chi connectivity index (χ4n) is 8.29. The first-order valence-electron chi connectivity index (χ1n) is 29.4. The molecule has 0 aliphatic carbocycles. The van der Waals surface area contributed by atoms with E-state index < -0.39 is 6.10 Å². The van der Waals surface area contributed by atoms with E-state index in [1.165, 1.54) is 154 Å². The number of rotatable bonds is 53. The van der Waals surface area contributed by atoms with Crippen LogP contribution in [-0.2, 0) is 28.6 Å². The van der Waals surface area contributed by atoms with Crippen molar-refractivity contribution in [3.63, 3.8) is 0 Å². The zero-order chi connectivity index (χ0) is 50.0. The van der Waals surface area contributed by atoms with Gasteiger partial charge in [0.1, 0.15) is 13.2 Å². The van der Waals surface area contributed by atoms with Gasteiger partial charge in [-0.15, -0.1) is 0 Å². The van der Waals surface area contributed by atoms with Gasteiger partial charge in [-0.2, -0.15) is 0 Å². The van der Waals surface area contributed by atoms with E-state index in [-0.39, 0.29) is 31.1 Å². The molecule has 0 unspecified atom stereocenters. The highest BCUT2D eigenvalue weighted by Gasteiger charge is 2.19. The second kappa shape index (κ2) is 57.4. The number of ether oxygens (including phenoxy) is 3. The standard InChI is InChI=1S/C63H110O6/c1-4-7-10-13-16-19-22-25-28-30-31-33-35-38-41-44-47-50-53-56-62(65)68-59-60(58-67-61(64)55-52-49-46-43-40-37-34-27-24-21-18-15-12-9-6-3)69-63(66)57-54-51-48-45-42-39-36-32-29-26-23-20-17-14-11-8-5-2/h7,10,16,19,25-26,28-29,31,33,38,41,60H,4-6,8-9,11-15,17-18,20-24,27,30,32,34-37,39-40,42-59H2,1-3H3/b10-7-,19-16-,28-25-,29-26-,33-31-,41-38-/t60-/m1/s1. The van der Waals surface area contributed by atoms with E-state index in [4.69, 9.17) is 14.2 Å². The Kier molecular flexibility index (Phi) is 54.8. The van der Waals surface area contributed by atoms with Crippen molar-refractivity contribution in [3.05, 3.63) is 72.9 Å². The molecule has 0 radical (unpaired) electrons. The molecule has 6 heteroatoms. The molecule has 0 saturated carbocycles. The maximum absolute atomic E-state index is 12.9. The smallest absolute Gasteiger partial charge is 0.306 e. The first-order valence-corrected chi connectivity index (χ1v) is 29.4. The Morgan fingerprint density at radius 3 is 0.913 bits per heavy atom. The molecule has 0 rings (SSSR count). The molecule has 0 heterocycles. The Labute approximate surface area is 427 Å². The zero-order valence-electron chi connectivity index (χ0n) is 45.6. The van der Waals surface area contributed by atoms with Gasteiger partial charge in [0.2, 0.25) is 0 Å². The molecule has 0 amide bonds. The minimum Gasteiger partial charge on any atom is -0.462 e. The second-order valence-corrected chi connectivity index (χ2v) is 19.5. The van der Waals surface area contributed by atoms with Crippen molar-refractivity contribution < 1.29 is 28.6 Å². The topological polar surface area (TPSA) is 78.9 Å². The van der Waals surface area contributed by atoms with Gasteiger partial charge in [-0.3, -0.25) is 14.4 Å². The van der Waals surface area contributed by atoms with Crippen molar-refractivity contribution in [1.82, 2.24) is 0 Å². The lowest BCUT2D eigenvalue weighted by molar-refractivity contribution is -0.167. The highest BCUT2D eigenvalue weighted by Crippen LogP contribution is 2.16. The third-order valence-electron chi connectivity index (χ3n) is 12.7. The first kappa shape index (κ1) is 65.8. The van der Waals surface area contributed by atoms with Crippen LogP contribution in [0.25, 0.3) is 0 Å². The van der Waals surface area contributed by atoms with E-state index in [1.54, 1.807) is 0 Å². The number of unbranched alkanes of at least 4 members (excludes halogenated alkanes) is 30. The van der Waals surface area contributed by atoms with Crippen LogP contribution in [-0.4, -0.2) is 37.2 Å². The summed E-state index contributed by atoms with van der Waals surface area (Å²) in [6.07, 6.45) is 73.2. The van der Waals surface area contributed by atoms with E-state index in [1.807, 2.05) is 0 Å². The van der Waals surface area contributed by atoms with Gasteiger partial charge in [0.25, 0.3) is 0 Å². The fourth-order valence-corrected chi connectivity index (χ4v) is 8.29. The minimum absolute atomic E-state index is 0.0852. The largest absolute Gasteiger partial charge is 0.462 e. The average Bonchev–Trinajstić information content (AvgIpc) is 3.35. The van der Waals surface area contributed by atoms with Crippen LogP contribution in [0.15, 0.2) is 72.9 Å². The molecule has 0 N–H and O–H groups in total. The van der Waals surface area contributed by atoms with E-state index in [2.05, 4.69) is 93.7 Å². The molecule has 6 nitrogen and oxygen atoms in total. The number of esters is 3. The van der Waals surface area contributed by atoms with Crippen molar-refractivity contribution >= 4 is 17.9 Å². The number of carbonyl (C=O) groups excluding carboxylic acids is 3. The molecule has 0 spiro atoms. The summed E-state index contributed by atoms with van der Waals surface area (Å²) in [5.74, 6) is -0.912. The summed E-state index contributed by atoms with van der Waals surface area (Å²) in [6, 6.07) is 0. The van der Waals surface area contributed by atoms with Gasteiger partial charge < -0.3 is 14.2 Å². The molecule has 0 aliphatic rings. The SMILES string of the molecule is CC/C=C\C/C=C\C/C=C\C/C=C\C/C=C\CCCCCC(=O)OC[C@@H](COC(=O)CCCCCCCCCCCCCCCCC)OC(=O)CCCCCCCCC/C=C\CCCCCCCC. The lowest BCUT2D eigenvalue weighted by atomic mass is 10.0. The molecule has 0 bridgehead atoms. The van der Waals surface area contributed by atoms with Gasteiger partial charge in [-0.1, -0.05) is 254 Å². The number of hydrogen-bond donors (Lipinski definition) is 0. The quantitative estimate of drug-likeness (QED) is 0.0262. The van der Waals surface area contributed by atoms with Crippen LogP contribution < -0.4 is 0 Å². The van der Waals surface area contributed by atoms with E-state index in [0.29, 0.717) is 19.3 Å². The Bertz CT molecular complexity index is 1290. The van der Waals surface area contributed by atoms with Gasteiger partial charge in [-0.25, -0.2) is 0 Å². The van der Waals surface area contributed by atoms with E-state index in [0.717, 1.165) is 96.3 Å². The highest BCUT2D eigenvalue weighted by molar-refractivity contribution is 5.71. The van der Waals surface area contributed by atoms with Crippen LogP contribution in [0.5, 0.6) is 0 Å². The van der Waals surface area contributed by atoms with Crippen molar-refractivity contribution in [2.45, 2.75) is 297 Å². The van der Waals surface area contributed by atoms with Gasteiger partial charge in [0.15, 0.2) is 6.10 Å². The van der Waals surface area contributed by atoms with Crippen molar-refractivity contribution in [1.29, 1.82) is 0 Å². The van der Waals surface area contributed by atoms with Crippen LogP contribution in [0, 0.1) is 0 Å². The van der Waals surface area contributed by atoms with Crippen LogP contribution in [0.2, 0.25) is 0 Å². The lowest BCUT2D eigenvalue weighted by Gasteiger charge is -2.18. The van der Waals surface area contributed by atoms with Gasteiger partial charge in [0, 0.05) is 19.3 Å². The average molecular weight is 964 g/mol. The molecule has 0 aromatic rings. The number of allylic oxidation sites excluding steroid dienone is 12. The Morgan fingerprint density at radius 1 is 0.304 bits per heavy atom. The van der Waals surface area contributed by atoms with Gasteiger partial charge in [-0.05, 0) is 89.9 Å². The Balaban J connectivity index is 4.43. The first-order chi connectivity index (χ1) is 34.0. The minimum atomic E-state index is -0.790. The normalized spacial score (nSPS) is 12.6. The summed E-state index contributed by atoms with van der Waals surface area (Å²) in [7, 11) is 0.